The summed E-state index contributed by atoms with van der Waals surface area (Å²) in [5.74, 6) is -0.178. The third-order valence-electron chi connectivity index (χ3n) is 3.33. The highest BCUT2D eigenvalue weighted by atomic mass is 16.3. The Labute approximate surface area is 101 Å². The SMILES string of the molecule is CC1(C)NC(=O)N(CCN2CCC(O)C2)C1=O. The molecule has 6 heteroatoms. The second-order valence-corrected chi connectivity index (χ2v) is 5.26. The molecule has 2 aliphatic heterocycles. The number of aliphatic hydroxyl groups is 1. The van der Waals surface area contributed by atoms with Crippen molar-refractivity contribution < 1.29 is 14.7 Å². The van der Waals surface area contributed by atoms with Crippen molar-refractivity contribution in [2.45, 2.75) is 31.9 Å². The van der Waals surface area contributed by atoms with Gasteiger partial charge in [-0.25, -0.2) is 4.79 Å². The minimum atomic E-state index is -0.790. The smallest absolute Gasteiger partial charge is 0.325 e. The molecule has 0 aliphatic carbocycles. The van der Waals surface area contributed by atoms with Gasteiger partial charge in [0.15, 0.2) is 0 Å². The van der Waals surface area contributed by atoms with Crippen LogP contribution in [0.2, 0.25) is 0 Å². The van der Waals surface area contributed by atoms with E-state index in [2.05, 4.69) is 10.2 Å². The number of imide groups is 1. The van der Waals surface area contributed by atoms with Crippen LogP contribution in [0.5, 0.6) is 0 Å². The number of carbonyl (C=O) groups excluding carboxylic acids is 2. The standard InChI is InChI=1S/C11H19N3O3/c1-11(2)9(16)14(10(17)12-11)6-5-13-4-3-8(15)7-13/h8,15H,3-7H2,1-2H3,(H,12,17). The molecule has 96 valence electrons. The molecular weight excluding hydrogens is 222 g/mol. The van der Waals surface area contributed by atoms with E-state index in [0.29, 0.717) is 19.6 Å². The zero-order valence-corrected chi connectivity index (χ0v) is 10.3. The molecule has 0 aromatic carbocycles. The number of rotatable bonds is 3. The van der Waals surface area contributed by atoms with Crippen LogP contribution in [0.25, 0.3) is 0 Å². The Balaban J connectivity index is 1.87. The highest BCUT2D eigenvalue weighted by molar-refractivity contribution is 6.06. The maximum absolute atomic E-state index is 11.9. The number of nitrogens with one attached hydrogen (secondary N) is 1. The molecule has 3 amide bonds. The number of amides is 3. The number of hydrogen-bond donors (Lipinski definition) is 2. The van der Waals surface area contributed by atoms with Gasteiger partial charge < -0.3 is 10.4 Å². The summed E-state index contributed by atoms with van der Waals surface area (Å²) < 4.78 is 0. The molecule has 6 nitrogen and oxygen atoms in total. The van der Waals surface area contributed by atoms with E-state index in [4.69, 9.17) is 0 Å². The molecule has 2 rings (SSSR count). The van der Waals surface area contributed by atoms with E-state index < -0.39 is 5.54 Å². The van der Waals surface area contributed by atoms with Gasteiger partial charge in [-0.1, -0.05) is 0 Å². The topological polar surface area (TPSA) is 72.9 Å². The summed E-state index contributed by atoms with van der Waals surface area (Å²) >= 11 is 0. The van der Waals surface area contributed by atoms with Crippen LogP contribution in [-0.2, 0) is 4.79 Å². The third kappa shape index (κ3) is 2.42. The molecule has 17 heavy (non-hydrogen) atoms. The van der Waals surface area contributed by atoms with Crippen molar-refractivity contribution >= 4 is 11.9 Å². The van der Waals surface area contributed by atoms with Gasteiger partial charge >= 0.3 is 6.03 Å². The summed E-state index contributed by atoms with van der Waals surface area (Å²) in [6.07, 6.45) is 0.501. The van der Waals surface area contributed by atoms with Crippen LogP contribution in [0.1, 0.15) is 20.3 Å². The first kappa shape index (κ1) is 12.3. The predicted octanol–water partition coefficient (Wildman–Crippen LogP) is -0.617. The maximum atomic E-state index is 11.9. The third-order valence-corrected chi connectivity index (χ3v) is 3.33. The number of hydrogen-bond acceptors (Lipinski definition) is 4. The molecule has 2 heterocycles. The molecule has 2 aliphatic rings. The highest BCUT2D eigenvalue weighted by Crippen LogP contribution is 2.17. The molecule has 0 spiro atoms. The summed E-state index contributed by atoms with van der Waals surface area (Å²) in [6, 6.07) is -0.320. The number of aliphatic hydroxyl groups excluding tert-OH is 1. The summed E-state index contributed by atoms with van der Waals surface area (Å²) in [5, 5.41) is 12.0. The van der Waals surface area contributed by atoms with Crippen molar-refractivity contribution in [3.8, 4) is 0 Å². The number of carbonyl (C=O) groups is 2. The fourth-order valence-corrected chi connectivity index (χ4v) is 2.28. The van der Waals surface area contributed by atoms with Crippen molar-refractivity contribution in [3.63, 3.8) is 0 Å². The Morgan fingerprint density at radius 1 is 1.41 bits per heavy atom. The molecule has 2 saturated heterocycles. The van der Waals surface area contributed by atoms with Gasteiger partial charge in [0, 0.05) is 26.2 Å². The summed E-state index contributed by atoms with van der Waals surface area (Å²) in [5.41, 5.74) is -0.790. The van der Waals surface area contributed by atoms with Gasteiger partial charge in [0.1, 0.15) is 5.54 Å². The van der Waals surface area contributed by atoms with Crippen LogP contribution in [0.4, 0.5) is 4.79 Å². The van der Waals surface area contributed by atoms with Gasteiger partial charge in [0.2, 0.25) is 0 Å². The largest absolute Gasteiger partial charge is 0.392 e. The second-order valence-electron chi connectivity index (χ2n) is 5.26. The van der Waals surface area contributed by atoms with E-state index in [1.807, 2.05) is 0 Å². The Morgan fingerprint density at radius 3 is 2.59 bits per heavy atom. The van der Waals surface area contributed by atoms with E-state index >= 15 is 0 Å². The minimum absolute atomic E-state index is 0.178. The normalized spacial score (nSPS) is 28.9. The Kier molecular flexibility index (Phi) is 3.09. The van der Waals surface area contributed by atoms with Gasteiger partial charge in [-0.15, -0.1) is 0 Å². The number of β-amino-alcohol motifs (C(OH)–C–C–N with tert-alkyl or cyclic N) is 1. The van der Waals surface area contributed by atoms with E-state index in [0.717, 1.165) is 13.0 Å². The predicted molar refractivity (Wildman–Crippen MR) is 61.4 cm³/mol. The van der Waals surface area contributed by atoms with Crippen LogP contribution >= 0.6 is 0 Å². The van der Waals surface area contributed by atoms with E-state index in [9.17, 15) is 14.7 Å². The van der Waals surface area contributed by atoms with Crippen molar-refractivity contribution in [1.82, 2.24) is 15.1 Å². The lowest BCUT2D eigenvalue weighted by Crippen LogP contribution is -2.41. The van der Waals surface area contributed by atoms with Crippen molar-refractivity contribution in [1.29, 1.82) is 0 Å². The molecule has 0 aromatic rings. The number of nitrogens with zero attached hydrogens (tertiary/aromatic N) is 2. The number of urea groups is 1. The molecule has 0 aromatic heterocycles. The van der Waals surface area contributed by atoms with Crippen molar-refractivity contribution in [2.24, 2.45) is 0 Å². The van der Waals surface area contributed by atoms with Crippen LogP contribution in [0.15, 0.2) is 0 Å². The molecule has 0 saturated carbocycles. The first-order valence-corrected chi connectivity index (χ1v) is 5.95. The zero-order chi connectivity index (χ0) is 12.6. The van der Waals surface area contributed by atoms with Gasteiger partial charge in [-0.05, 0) is 20.3 Å². The van der Waals surface area contributed by atoms with E-state index in [1.54, 1.807) is 13.8 Å². The molecule has 0 radical (unpaired) electrons. The molecule has 2 N–H and O–H groups in total. The van der Waals surface area contributed by atoms with Crippen LogP contribution < -0.4 is 5.32 Å². The Bertz CT molecular complexity index is 343. The Hall–Kier alpha value is -1.14. The quantitative estimate of drug-likeness (QED) is 0.646. The molecule has 2 fully saturated rings. The molecule has 1 unspecified atom stereocenters. The maximum Gasteiger partial charge on any atom is 0.325 e. The zero-order valence-electron chi connectivity index (χ0n) is 10.3. The van der Waals surface area contributed by atoms with Crippen LogP contribution in [-0.4, -0.2) is 64.7 Å². The molecule has 1 atom stereocenters. The van der Waals surface area contributed by atoms with Gasteiger partial charge in [-0.2, -0.15) is 0 Å². The van der Waals surface area contributed by atoms with Crippen molar-refractivity contribution in [3.05, 3.63) is 0 Å². The summed E-state index contributed by atoms with van der Waals surface area (Å²) in [6.45, 7) is 5.88. The summed E-state index contributed by atoms with van der Waals surface area (Å²) in [4.78, 5) is 26.8. The first-order valence-electron chi connectivity index (χ1n) is 5.95. The van der Waals surface area contributed by atoms with Crippen LogP contribution in [0.3, 0.4) is 0 Å². The molecular formula is C11H19N3O3. The van der Waals surface area contributed by atoms with Gasteiger partial charge in [-0.3, -0.25) is 14.6 Å². The van der Waals surface area contributed by atoms with Gasteiger partial charge in [0.05, 0.1) is 6.10 Å². The number of likely N-dealkylation sites (tertiary alicyclic amines) is 1. The average molecular weight is 241 g/mol. The highest BCUT2D eigenvalue weighted by Gasteiger charge is 2.44. The monoisotopic (exact) mass is 241 g/mol. The lowest BCUT2D eigenvalue weighted by atomic mass is 10.1. The van der Waals surface area contributed by atoms with Crippen LogP contribution in [0, 0.1) is 0 Å². The second kappa shape index (κ2) is 4.27. The average Bonchev–Trinajstić information content (AvgIpc) is 2.70. The lowest BCUT2D eigenvalue weighted by Gasteiger charge is -2.20. The Morgan fingerprint density at radius 2 is 2.12 bits per heavy atom. The molecule has 0 bridgehead atoms. The first-order chi connectivity index (χ1) is 7.90. The minimum Gasteiger partial charge on any atom is -0.392 e. The van der Waals surface area contributed by atoms with Crippen molar-refractivity contribution in [2.75, 3.05) is 26.2 Å². The summed E-state index contributed by atoms with van der Waals surface area (Å²) in [7, 11) is 0. The fraction of sp³-hybridized carbons (Fsp3) is 0.818. The van der Waals surface area contributed by atoms with Gasteiger partial charge in [0.25, 0.3) is 5.91 Å². The lowest BCUT2D eigenvalue weighted by molar-refractivity contribution is -0.130. The van der Waals surface area contributed by atoms with E-state index in [1.165, 1.54) is 4.90 Å². The fourth-order valence-electron chi connectivity index (χ4n) is 2.28. The van der Waals surface area contributed by atoms with E-state index in [-0.39, 0.29) is 18.0 Å².